The van der Waals surface area contributed by atoms with E-state index in [1.165, 1.54) is 22.7 Å². The maximum Gasteiger partial charge on any atom is 0.279 e. The molecule has 0 saturated heterocycles. The highest BCUT2D eigenvalue weighted by Crippen LogP contribution is 2.16. The van der Waals surface area contributed by atoms with Crippen molar-refractivity contribution in [3.05, 3.63) is 21.9 Å². The van der Waals surface area contributed by atoms with Gasteiger partial charge in [-0.25, -0.2) is 0 Å². The molecular formula is C13H20N2O3S2. The molecular weight excluding hydrogens is 296 g/mol. The van der Waals surface area contributed by atoms with Gasteiger partial charge in [-0.3, -0.25) is 0 Å². The first-order chi connectivity index (χ1) is 9.14. The summed E-state index contributed by atoms with van der Waals surface area (Å²) in [5.74, 6) is 5.36. The van der Waals surface area contributed by atoms with Crippen LogP contribution in [0.3, 0.4) is 0 Å². The Morgan fingerprint density at radius 1 is 1.45 bits per heavy atom. The molecule has 5 nitrogen and oxygen atoms in total. The smallest absolute Gasteiger partial charge is 0.279 e. The van der Waals surface area contributed by atoms with E-state index >= 15 is 0 Å². The average molecular weight is 316 g/mol. The van der Waals surface area contributed by atoms with Crippen molar-refractivity contribution in [2.45, 2.75) is 32.9 Å². The molecule has 1 heterocycles. The number of nitrogens with zero attached hydrogens (tertiary/aromatic N) is 1. The molecule has 0 aliphatic rings. The number of hydrogen-bond acceptors (Lipinski definition) is 4. The third kappa shape index (κ3) is 5.61. The van der Waals surface area contributed by atoms with Crippen molar-refractivity contribution in [1.82, 2.24) is 9.03 Å². The zero-order chi connectivity index (χ0) is 15.4. The van der Waals surface area contributed by atoms with E-state index in [1.54, 1.807) is 20.8 Å². The number of nitrogens with one attached hydrogen (secondary N) is 1. The Morgan fingerprint density at radius 2 is 2.10 bits per heavy atom. The molecule has 0 radical (unpaired) electrons. The van der Waals surface area contributed by atoms with Gasteiger partial charge in [0.2, 0.25) is 0 Å². The predicted octanol–water partition coefficient (Wildman–Crippen LogP) is 1.16. The summed E-state index contributed by atoms with van der Waals surface area (Å²) in [4.78, 5) is 0.809. The minimum absolute atomic E-state index is 0.184. The molecule has 0 fully saturated rings. The normalized spacial score (nSPS) is 12.3. The Kier molecular flexibility index (Phi) is 5.74. The van der Waals surface area contributed by atoms with Gasteiger partial charge in [0.15, 0.2) is 0 Å². The van der Waals surface area contributed by atoms with Gasteiger partial charge in [-0.15, -0.1) is 11.3 Å². The topological polar surface area (TPSA) is 69.6 Å². The van der Waals surface area contributed by atoms with Gasteiger partial charge < -0.3 is 5.11 Å². The van der Waals surface area contributed by atoms with Crippen LogP contribution in [0.2, 0.25) is 0 Å². The van der Waals surface area contributed by atoms with Crippen LogP contribution in [-0.2, 0) is 16.8 Å². The second kappa shape index (κ2) is 6.70. The van der Waals surface area contributed by atoms with Crippen molar-refractivity contribution in [3.8, 4) is 11.8 Å². The third-order valence-corrected chi connectivity index (χ3v) is 4.91. The zero-order valence-electron chi connectivity index (χ0n) is 12.1. The fourth-order valence-electron chi connectivity index (χ4n) is 1.46. The summed E-state index contributed by atoms with van der Waals surface area (Å²) in [6.07, 6.45) is 0. The van der Waals surface area contributed by atoms with Gasteiger partial charge in [0, 0.05) is 19.1 Å². The maximum absolute atomic E-state index is 12.1. The van der Waals surface area contributed by atoms with Gasteiger partial charge in [-0.2, -0.15) is 17.4 Å². The highest BCUT2D eigenvalue weighted by molar-refractivity contribution is 7.87. The second-order valence-electron chi connectivity index (χ2n) is 5.39. The van der Waals surface area contributed by atoms with Crippen molar-refractivity contribution < 1.29 is 13.5 Å². The van der Waals surface area contributed by atoms with Crippen LogP contribution in [-0.4, -0.2) is 37.0 Å². The van der Waals surface area contributed by atoms with Gasteiger partial charge in [0.25, 0.3) is 10.2 Å². The molecule has 2 N–H and O–H groups in total. The predicted molar refractivity (Wildman–Crippen MR) is 81.6 cm³/mol. The minimum Gasteiger partial charge on any atom is -0.384 e. The molecule has 0 amide bonds. The van der Waals surface area contributed by atoms with Crippen molar-refractivity contribution in [3.63, 3.8) is 0 Å². The van der Waals surface area contributed by atoms with E-state index in [9.17, 15) is 8.42 Å². The molecule has 0 aromatic carbocycles. The van der Waals surface area contributed by atoms with Gasteiger partial charge in [0.05, 0.1) is 4.88 Å². The Bertz CT molecular complexity index is 604. The maximum atomic E-state index is 12.1. The number of aliphatic hydroxyl groups is 1. The monoisotopic (exact) mass is 316 g/mol. The zero-order valence-corrected chi connectivity index (χ0v) is 13.7. The summed E-state index contributed by atoms with van der Waals surface area (Å²) >= 11 is 1.43. The lowest BCUT2D eigenvalue weighted by atomic mass is 10.1. The van der Waals surface area contributed by atoms with E-state index in [1.807, 2.05) is 11.4 Å². The van der Waals surface area contributed by atoms with Crippen molar-refractivity contribution in [2.24, 2.45) is 0 Å². The largest absolute Gasteiger partial charge is 0.384 e. The van der Waals surface area contributed by atoms with Gasteiger partial charge >= 0.3 is 0 Å². The molecule has 1 rings (SSSR count). The molecule has 0 aliphatic heterocycles. The van der Waals surface area contributed by atoms with E-state index in [0.29, 0.717) is 0 Å². The number of hydrogen-bond donors (Lipinski definition) is 2. The first kappa shape index (κ1) is 17.1. The van der Waals surface area contributed by atoms with Gasteiger partial charge in [-0.05, 0) is 37.8 Å². The van der Waals surface area contributed by atoms with Crippen LogP contribution in [0.4, 0.5) is 0 Å². The Morgan fingerprint density at radius 3 is 2.65 bits per heavy atom. The van der Waals surface area contributed by atoms with Crippen LogP contribution >= 0.6 is 11.3 Å². The van der Waals surface area contributed by atoms with Crippen LogP contribution in [0.15, 0.2) is 11.4 Å². The molecule has 0 atom stereocenters. The number of rotatable bonds is 4. The Labute approximate surface area is 124 Å². The van der Waals surface area contributed by atoms with E-state index in [0.717, 1.165) is 10.4 Å². The second-order valence-corrected chi connectivity index (χ2v) is 8.08. The van der Waals surface area contributed by atoms with Crippen LogP contribution in [0.25, 0.3) is 0 Å². The van der Waals surface area contributed by atoms with Crippen LogP contribution < -0.4 is 4.72 Å². The Balaban J connectivity index is 2.75. The van der Waals surface area contributed by atoms with Gasteiger partial charge in [-0.1, -0.05) is 11.8 Å². The fourth-order valence-corrected chi connectivity index (χ4v) is 3.48. The molecule has 1 aromatic rings. The number of thiophene rings is 1. The lowest BCUT2D eigenvalue weighted by Gasteiger charge is -2.25. The molecule has 1 aromatic heterocycles. The van der Waals surface area contributed by atoms with E-state index in [2.05, 4.69) is 16.6 Å². The van der Waals surface area contributed by atoms with E-state index in [-0.39, 0.29) is 13.2 Å². The standard InChI is InChI=1S/C13H20N2O3S2/c1-13(2,3)14-20(17,18)15(4)9-11-8-12(19-10-11)6-5-7-16/h8,10,14,16H,7,9H2,1-4H3. The highest BCUT2D eigenvalue weighted by atomic mass is 32.2. The first-order valence-electron chi connectivity index (χ1n) is 6.06. The summed E-state index contributed by atoms with van der Waals surface area (Å²) < 4.78 is 28.0. The summed E-state index contributed by atoms with van der Waals surface area (Å²) in [6.45, 7) is 5.49. The lowest BCUT2D eigenvalue weighted by Crippen LogP contribution is -2.47. The highest BCUT2D eigenvalue weighted by Gasteiger charge is 2.24. The molecule has 0 saturated carbocycles. The molecule has 0 aliphatic carbocycles. The van der Waals surface area contributed by atoms with Crippen LogP contribution in [0.5, 0.6) is 0 Å². The van der Waals surface area contributed by atoms with E-state index < -0.39 is 15.7 Å². The molecule has 0 unspecified atom stereocenters. The van der Waals surface area contributed by atoms with Crippen LogP contribution in [0.1, 0.15) is 31.2 Å². The number of aliphatic hydroxyl groups excluding tert-OH is 1. The van der Waals surface area contributed by atoms with Crippen LogP contribution in [0, 0.1) is 11.8 Å². The molecule has 7 heteroatoms. The van der Waals surface area contributed by atoms with Crippen molar-refractivity contribution >= 4 is 21.5 Å². The molecule has 112 valence electrons. The quantitative estimate of drug-likeness (QED) is 0.819. The van der Waals surface area contributed by atoms with Crippen molar-refractivity contribution in [2.75, 3.05) is 13.7 Å². The van der Waals surface area contributed by atoms with Gasteiger partial charge in [0.1, 0.15) is 6.61 Å². The average Bonchev–Trinajstić information content (AvgIpc) is 2.70. The summed E-state index contributed by atoms with van der Waals surface area (Å²) in [5.41, 5.74) is 0.360. The third-order valence-electron chi connectivity index (χ3n) is 2.20. The SMILES string of the molecule is CN(Cc1csc(C#CCO)c1)S(=O)(=O)NC(C)(C)C. The lowest BCUT2D eigenvalue weighted by molar-refractivity contribution is 0.350. The van der Waals surface area contributed by atoms with E-state index in [4.69, 9.17) is 5.11 Å². The fraction of sp³-hybridized carbons (Fsp3) is 0.538. The first-order valence-corrected chi connectivity index (χ1v) is 8.38. The molecule has 20 heavy (non-hydrogen) atoms. The summed E-state index contributed by atoms with van der Waals surface area (Å²) in [6, 6.07) is 1.83. The van der Waals surface area contributed by atoms with Crippen molar-refractivity contribution in [1.29, 1.82) is 0 Å². The Hall–Kier alpha value is -0.910. The molecule has 0 spiro atoms. The summed E-state index contributed by atoms with van der Waals surface area (Å²) in [7, 11) is -1.98. The summed E-state index contributed by atoms with van der Waals surface area (Å²) in [5, 5.41) is 10.5. The minimum atomic E-state index is -3.51. The molecule has 0 bridgehead atoms.